The van der Waals surface area contributed by atoms with Crippen LogP contribution >= 0.6 is 22.5 Å². The van der Waals surface area contributed by atoms with E-state index in [1.807, 2.05) is 6.08 Å². The van der Waals surface area contributed by atoms with Crippen LogP contribution in [0.5, 0.6) is 0 Å². The van der Waals surface area contributed by atoms with Gasteiger partial charge in [-0.05, 0) is 12.8 Å². The van der Waals surface area contributed by atoms with Crippen LogP contribution in [0.1, 0.15) is 19.8 Å². The van der Waals surface area contributed by atoms with Crippen LogP contribution in [0, 0.1) is 0 Å². The van der Waals surface area contributed by atoms with Gasteiger partial charge in [-0.3, -0.25) is 0 Å². The van der Waals surface area contributed by atoms with Crippen molar-refractivity contribution in [1.29, 1.82) is 0 Å². The van der Waals surface area contributed by atoms with E-state index in [1.54, 1.807) is 10.8 Å². The molecular formula is C6H12S2. The van der Waals surface area contributed by atoms with Gasteiger partial charge in [0.25, 0.3) is 0 Å². The van der Waals surface area contributed by atoms with Crippen molar-refractivity contribution in [3.05, 3.63) is 12.7 Å². The first-order valence-corrected chi connectivity index (χ1v) is 4.69. The average Bonchev–Trinajstić information content (AvgIpc) is 1.83. The van der Waals surface area contributed by atoms with Crippen molar-refractivity contribution in [2.24, 2.45) is 0 Å². The number of thiol groups is 1. The third-order valence-corrected chi connectivity index (χ3v) is 2.75. The van der Waals surface area contributed by atoms with Gasteiger partial charge >= 0.3 is 0 Å². The summed E-state index contributed by atoms with van der Waals surface area (Å²) in [6.07, 6.45) is 4.20. The van der Waals surface area contributed by atoms with Gasteiger partial charge in [0, 0.05) is 5.25 Å². The number of rotatable bonds is 4. The fourth-order valence-corrected chi connectivity index (χ4v) is 1.55. The molecular weight excluding hydrogens is 136 g/mol. The highest BCUT2D eigenvalue weighted by Gasteiger charge is 1.98. The zero-order valence-electron chi connectivity index (χ0n) is 5.13. The molecule has 0 nitrogen and oxygen atoms in total. The van der Waals surface area contributed by atoms with E-state index in [0.29, 0.717) is 5.25 Å². The van der Waals surface area contributed by atoms with Gasteiger partial charge in [-0.25, -0.2) is 0 Å². The Morgan fingerprint density at radius 2 is 2.50 bits per heavy atom. The molecule has 0 bridgehead atoms. The van der Waals surface area contributed by atoms with Crippen molar-refractivity contribution in [1.82, 2.24) is 0 Å². The molecule has 0 aliphatic rings. The Morgan fingerprint density at radius 1 is 1.88 bits per heavy atom. The molecule has 48 valence electrons. The van der Waals surface area contributed by atoms with Crippen LogP contribution in [0.15, 0.2) is 12.7 Å². The van der Waals surface area contributed by atoms with Crippen LogP contribution < -0.4 is 0 Å². The monoisotopic (exact) mass is 148 g/mol. The van der Waals surface area contributed by atoms with Gasteiger partial charge in [0.05, 0.1) is 0 Å². The summed E-state index contributed by atoms with van der Waals surface area (Å²) < 4.78 is 0. The molecule has 0 saturated carbocycles. The average molecular weight is 148 g/mol. The highest BCUT2D eigenvalue weighted by molar-refractivity contribution is 8.68. The van der Waals surface area contributed by atoms with Crippen LogP contribution in [-0.2, 0) is 0 Å². The lowest BCUT2D eigenvalue weighted by Gasteiger charge is -2.04. The second-order valence-electron chi connectivity index (χ2n) is 1.66. The van der Waals surface area contributed by atoms with Crippen molar-refractivity contribution in [2.75, 3.05) is 0 Å². The molecule has 0 fully saturated rings. The normalized spacial score (nSPS) is 13.2. The SMILES string of the molecule is C=CCC(CC)SS. The molecule has 0 aliphatic carbocycles. The second kappa shape index (κ2) is 5.57. The largest absolute Gasteiger partial charge is 0.111 e. The van der Waals surface area contributed by atoms with E-state index >= 15 is 0 Å². The fourth-order valence-electron chi connectivity index (χ4n) is 0.470. The zero-order chi connectivity index (χ0) is 6.41. The smallest absolute Gasteiger partial charge is 0.0180 e. The summed E-state index contributed by atoms with van der Waals surface area (Å²) in [6.45, 7) is 5.81. The minimum atomic E-state index is 0.663. The first kappa shape index (κ1) is 8.44. The van der Waals surface area contributed by atoms with Crippen LogP contribution in [-0.4, -0.2) is 5.25 Å². The van der Waals surface area contributed by atoms with Gasteiger partial charge in [-0.1, -0.05) is 23.8 Å². The maximum atomic E-state index is 4.10. The molecule has 1 unspecified atom stereocenters. The second-order valence-corrected chi connectivity index (χ2v) is 3.17. The van der Waals surface area contributed by atoms with E-state index in [0.717, 1.165) is 6.42 Å². The van der Waals surface area contributed by atoms with Gasteiger partial charge in [-0.15, -0.1) is 18.2 Å². The summed E-state index contributed by atoms with van der Waals surface area (Å²) in [5, 5.41) is 0.663. The Bertz CT molecular complexity index is 57.5. The van der Waals surface area contributed by atoms with E-state index in [9.17, 15) is 0 Å². The minimum absolute atomic E-state index is 0.663. The lowest BCUT2D eigenvalue weighted by atomic mass is 10.2. The van der Waals surface area contributed by atoms with Gasteiger partial charge in [0.15, 0.2) is 0 Å². The summed E-state index contributed by atoms with van der Waals surface area (Å²) in [5.41, 5.74) is 0. The Hall–Kier alpha value is 0.440. The molecule has 8 heavy (non-hydrogen) atoms. The van der Waals surface area contributed by atoms with Gasteiger partial charge < -0.3 is 0 Å². The van der Waals surface area contributed by atoms with Crippen molar-refractivity contribution in [3.8, 4) is 0 Å². The molecule has 0 N–H and O–H groups in total. The highest BCUT2D eigenvalue weighted by Crippen LogP contribution is 2.20. The molecule has 0 amide bonds. The highest BCUT2D eigenvalue weighted by atomic mass is 33.1. The van der Waals surface area contributed by atoms with Crippen molar-refractivity contribution < 1.29 is 0 Å². The lowest BCUT2D eigenvalue weighted by Crippen LogP contribution is -1.93. The van der Waals surface area contributed by atoms with Crippen molar-refractivity contribution >= 4 is 22.5 Å². The van der Waals surface area contributed by atoms with Crippen molar-refractivity contribution in [2.45, 2.75) is 25.0 Å². The summed E-state index contributed by atoms with van der Waals surface area (Å²) in [6, 6.07) is 0. The van der Waals surface area contributed by atoms with Crippen LogP contribution in [0.4, 0.5) is 0 Å². The fraction of sp³-hybridized carbons (Fsp3) is 0.667. The zero-order valence-corrected chi connectivity index (χ0v) is 6.84. The Morgan fingerprint density at radius 3 is 2.62 bits per heavy atom. The molecule has 0 spiro atoms. The van der Waals surface area contributed by atoms with Gasteiger partial charge in [0.1, 0.15) is 0 Å². The molecule has 0 aromatic rings. The topological polar surface area (TPSA) is 0 Å². The van der Waals surface area contributed by atoms with Crippen LogP contribution in [0.2, 0.25) is 0 Å². The minimum Gasteiger partial charge on any atom is -0.111 e. The molecule has 0 rings (SSSR count). The van der Waals surface area contributed by atoms with Crippen molar-refractivity contribution in [3.63, 3.8) is 0 Å². The third kappa shape index (κ3) is 3.44. The molecule has 0 aromatic carbocycles. The van der Waals surface area contributed by atoms with E-state index < -0.39 is 0 Å². The molecule has 0 radical (unpaired) electrons. The molecule has 0 aromatic heterocycles. The summed E-state index contributed by atoms with van der Waals surface area (Å²) >= 11 is 4.10. The van der Waals surface area contributed by atoms with Gasteiger partial charge in [-0.2, -0.15) is 0 Å². The maximum Gasteiger partial charge on any atom is 0.0180 e. The van der Waals surface area contributed by atoms with E-state index in [-0.39, 0.29) is 0 Å². The molecule has 1 atom stereocenters. The Kier molecular flexibility index (Phi) is 5.88. The summed E-state index contributed by atoms with van der Waals surface area (Å²) in [7, 11) is 1.62. The molecule has 0 heterocycles. The van der Waals surface area contributed by atoms with E-state index in [4.69, 9.17) is 0 Å². The molecule has 2 heteroatoms. The van der Waals surface area contributed by atoms with E-state index in [1.165, 1.54) is 6.42 Å². The maximum absolute atomic E-state index is 4.10. The molecule has 0 aliphatic heterocycles. The Labute approximate surface area is 60.6 Å². The number of allylic oxidation sites excluding steroid dienone is 1. The van der Waals surface area contributed by atoms with Crippen LogP contribution in [0.25, 0.3) is 0 Å². The number of hydrogen-bond donors (Lipinski definition) is 1. The predicted octanol–water partition coefficient (Wildman–Crippen LogP) is 2.92. The first-order chi connectivity index (χ1) is 3.85. The summed E-state index contributed by atoms with van der Waals surface area (Å²) in [4.78, 5) is 0. The standard InChI is InChI=1S/C6H12S2/c1-3-5-6(4-2)8-7/h3,6-7H,1,4-5H2,2H3. The third-order valence-electron chi connectivity index (χ3n) is 1.03. The quantitative estimate of drug-likeness (QED) is 0.363. The first-order valence-electron chi connectivity index (χ1n) is 2.76. The van der Waals surface area contributed by atoms with Gasteiger partial charge in [0.2, 0.25) is 0 Å². The van der Waals surface area contributed by atoms with E-state index in [2.05, 4.69) is 25.2 Å². The molecule has 0 saturated heterocycles. The predicted molar refractivity (Wildman–Crippen MR) is 45.5 cm³/mol. The van der Waals surface area contributed by atoms with Crippen LogP contribution in [0.3, 0.4) is 0 Å². The summed E-state index contributed by atoms with van der Waals surface area (Å²) in [5.74, 6) is 0. The Balaban J connectivity index is 3.20. The lowest BCUT2D eigenvalue weighted by molar-refractivity contribution is 0.842. The number of hydrogen-bond acceptors (Lipinski definition) is 2.